The van der Waals surface area contributed by atoms with Crippen LogP contribution < -0.4 is 15.6 Å². The van der Waals surface area contributed by atoms with Gasteiger partial charge in [-0.05, 0) is 41.5 Å². The summed E-state index contributed by atoms with van der Waals surface area (Å²) in [5, 5.41) is 0.692. The summed E-state index contributed by atoms with van der Waals surface area (Å²) in [6, 6.07) is 19.3. The van der Waals surface area contributed by atoms with Gasteiger partial charge in [-0.2, -0.15) is 0 Å². The van der Waals surface area contributed by atoms with Gasteiger partial charge in [0, 0.05) is 12.1 Å². The second-order valence-corrected chi connectivity index (χ2v) is 9.35. The molecule has 0 radical (unpaired) electrons. The van der Waals surface area contributed by atoms with E-state index in [9.17, 15) is 18.0 Å². The molecular formula is C22H19Cl2N3O4S. The van der Waals surface area contributed by atoms with Crippen molar-refractivity contribution in [1.82, 2.24) is 15.6 Å². The first-order valence-corrected chi connectivity index (χ1v) is 11.7. The molecule has 2 amide bonds. The van der Waals surface area contributed by atoms with Crippen molar-refractivity contribution in [3.8, 4) is 0 Å². The lowest BCUT2D eigenvalue weighted by Gasteiger charge is -2.10. The monoisotopic (exact) mass is 491 g/mol. The van der Waals surface area contributed by atoms with Gasteiger partial charge in [0.2, 0.25) is 15.9 Å². The van der Waals surface area contributed by atoms with Gasteiger partial charge in [0.25, 0.3) is 5.91 Å². The van der Waals surface area contributed by atoms with Gasteiger partial charge in [0.05, 0.1) is 21.4 Å². The third kappa shape index (κ3) is 6.54. The molecule has 0 heterocycles. The zero-order valence-electron chi connectivity index (χ0n) is 16.6. The van der Waals surface area contributed by atoms with Crippen molar-refractivity contribution in [2.24, 2.45) is 0 Å². The highest BCUT2D eigenvalue weighted by molar-refractivity contribution is 7.89. The van der Waals surface area contributed by atoms with Crippen LogP contribution >= 0.6 is 23.2 Å². The Balaban J connectivity index is 1.59. The van der Waals surface area contributed by atoms with E-state index in [1.807, 2.05) is 18.2 Å². The van der Waals surface area contributed by atoms with Crippen LogP contribution in [0.4, 0.5) is 0 Å². The normalized spacial score (nSPS) is 11.1. The highest BCUT2D eigenvalue weighted by Gasteiger charge is 2.16. The number of rotatable bonds is 7. The van der Waals surface area contributed by atoms with Crippen LogP contribution in [0.2, 0.25) is 10.0 Å². The second kappa shape index (κ2) is 10.6. The molecule has 3 rings (SSSR count). The van der Waals surface area contributed by atoms with E-state index in [1.165, 1.54) is 24.3 Å². The molecule has 32 heavy (non-hydrogen) atoms. The maximum Gasteiger partial charge on any atom is 0.269 e. The molecule has 0 saturated heterocycles. The first-order valence-electron chi connectivity index (χ1n) is 9.41. The number of carbonyl (C=O) groups excluding carboxylic acids is 2. The Morgan fingerprint density at radius 2 is 1.53 bits per heavy atom. The lowest BCUT2D eigenvalue weighted by Crippen LogP contribution is -2.42. The van der Waals surface area contributed by atoms with Crippen LogP contribution in [0.1, 0.15) is 21.5 Å². The molecule has 0 fully saturated rings. The molecule has 0 bridgehead atoms. The number of sulfonamides is 1. The second-order valence-electron chi connectivity index (χ2n) is 6.77. The number of nitrogens with one attached hydrogen (secondary N) is 3. The number of halogens is 2. The van der Waals surface area contributed by atoms with Crippen LogP contribution in [-0.4, -0.2) is 20.2 Å². The predicted molar refractivity (Wildman–Crippen MR) is 123 cm³/mol. The zero-order valence-corrected chi connectivity index (χ0v) is 19.0. The first-order chi connectivity index (χ1) is 15.2. The fourth-order valence-corrected chi connectivity index (χ4v) is 4.12. The van der Waals surface area contributed by atoms with Gasteiger partial charge in [0.15, 0.2) is 0 Å². The number of amides is 2. The molecule has 0 spiro atoms. The Labute approximate surface area is 195 Å². The lowest BCUT2D eigenvalue weighted by atomic mass is 10.1. The highest BCUT2D eigenvalue weighted by atomic mass is 35.5. The summed E-state index contributed by atoms with van der Waals surface area (Å²) in [6.07, 6.45) is -0.0327. The Bertz CT molecular complexity index is 1230. The van der Waals surface area contributed by atoms with Gasteiger partial charge >= 0.3 is 0 Å². The molecule has 166 valence electrons. The molecule has 0 atom stereocenters. The summed E-state index contributed by atoms with van der Waals surface area (Å²) < 4.78 is 27.6. The summed E-state index contributed by atoms with van der Waals surface area (Å²) in [5.41, 5.74) is 6.04. The molecule has 0 unspecified atom stereocenters. The van der Waals surface area contributed by atoms with E-state index >= 15 is 0 Å². The molecule has 0 aliphatic carbocycles. The van der Waals surface area contributed by atoms with Crippen molar-refractivity contribution in [1.29, 1.82) is 0 Å². The van der Waals surface area contributed by atoms with Crippen molar-refractivity contribution in [2.75, 3.05) is 0 Å². The predicted octanol–water partition coefficient (Wildman–Crippen LogP) is 3.48. The average molecular weight is 492 g/mol. The van der Waals surface area contributed by atoms with Crippen LogP contribution in [0.15, 0.2) is 77.7 Å². The minimum atomic E-state index is -3.83. The summed E-state index contributed by atoms with van der Waals surface area (Å²) in [5.74, 6) is -1.14. The molecular weight excluding hydrogens is 473 g/mol. The van der Waals surface area contributed by atoms with Gasteiger partial charge in [-0.3, -0.25) is 20.4 Å². The van der Waals surface area contributed by atoms with E-state index in [4.69, 9.17) is 23.2 Å². The smallest absolute Gasteiger partial charge is 0.269 e. The molecule has 0 aromatic heterocycles. The number of hydrazine groups is 1. The minimum Gasteiger partial charge on any atom is -0.273 e. The minimum absolute atomic E-state index is 0.0327. The Morgan fingerprint density at radius 1 is 0.781 bits per heavy atom. The largest absolute Gasteiger partial charge is 0.273 e. The van der Waals surface area contributed by atoms with Gasteiger partial charge < -0.3 is 0 Å². The van der Waals surface area contributed by atoms with Gasteiger partial charge in [0.1, 0.15) is 0 Å². The topological polar surface area (TPSA) is 104 Å². The quantitative estimate of drug-likeness (QED) is 0.440. The van der Waals surface area contributed by atoms with Crippen molar-refractivity contribution in [2.45, 2.75) is 17.9 Å². The van der Waals surface area contributed by atoms with E-state index in [2.05, 4.69) is 15.6 Å². The Kier molecular flexibility index (Phi) is 7.87. The van der Waals surface area contributed by atoms with E-state index < -0.39 is 21.8 Å². The maximum absolute atomic E-state index is 12.6. The van der Waals surface area contributed by atoms with Crippen molar-refractivity contribution >= 4 is 45.0 Å². The van der Waals surface area contributed by atoms with E-state index in [0.29, 0.717) is 15.6 Å². The van der Waals surface area contributed by atoms with Crippen LogP contribution in [0.25, 0.3) is 0 Å². The van der Waals surface area contributed by atoms with Crippen molar-refractivity contribution in [3.05, 3.63) is 99.5 Å². The highest BCUT2D eigenvalue weighted by Crippen LogP contribution is 2.22. The van der Waals surface area contributed by atoms with E-state index in [0.717, 1.165) is 5.56 Å². The summed E-state index contributed by atoms with van der Waals surface area (Å²) in [6.45, 7) is 0.115. The first kappa shape index (κ1) is 23.7. The van der Waals surface area contributed by atoms with Crippen LogP contribution in [0.3, 0.4) is 0 Å². The molecule has 10 heteroatoms. The fourth-order valence-electron chi connectivity index (χ4n) is 2.74. The number of hydrogen-bond donors (Lipinski definition) is 3. The summed E-state index contributed by atoms with van der Waals surface area (Å²) in [7, 11) is -3.83. The van der Waals surface area contributed by atoms with Crippen molar-refractivity contribution in [3.63, 3.8) is 0 Å². The van der Waals surface area contributed by atoms with Crippen LogP contribution in [0.5, 0.6) is 0 Å². The SMILES string of the molecule is O=C(Cc1ccc(Cl)c(Cl)c1)NNC(=O)c1cccc(S(=O)(=O)NCc2ccccc2)c1. The standard InChI is InChI=1S/C22H19Cl2N3O4S/c23-19-10-9-16(11-20(19)24)12-21(28)26-27-22(29)17-7-4-8-18(13-17)32(30,31)25-14-15-5-2-1-3-6-15/h1-11,13,25H,12,14H2,(H,26,28)(H,27,29). The molecule has 0 saturated carbocycles. The van der Waals surface area contributed by atoms with E-state index in [1.54, 1.807) is 30.3 Å². The lowest BCUT2D eigenvalue weighted by molar-refractivity contribution is -0.121. The van der Waals surface area contributed by atoms with E-state index in [-0.39, 0.29) is 23.4 Å². The number of hydrogen-bond acceptors (Lipinski definition) is 4. The Hall–Kier alpha value is -2.91. The summed E-state index contributed by atoms with van der Waals surface area (Å²) in [4.78, 5) is 24.4. The zero-order chi connectivity index (χ0) is 23.1. The third-order valence-electron chi connectivity index (χ3n) is 4.38. The molecule has 0 aliphatic heterocycles. The third-order valence-corrected chi connectivity index (χ3v) is 6.52. The van der Waals surface area contributed by atoms with Gasteiger partial charge in [-0.15, -0.1) is 0 Å². The Morgan fingerprint density at radius 3 is 2.25 bits per heavy atom. The van der Waals surface area contributed by atoms with Crippen molar-refractivity contribution < 1.29 is 18.0 Å². The van der Waals surface area contributed by atoms with Crippen LogP contribution in [-0.2, 0) is 27.8 Å². The fraction of sp³-hybridized carbons (Fsp3) is 0.0909. The molecule has 3 aromatic rings. The number of benzene rings is 3. The van der Waals surface area contributed by atoms with Gasteiger partial charge in [-0.1, -0.05) is 65.7 Å². The molecule has 7 nitrogen and oxygen atoms in total. The molecule has 3 aromatic carbocycles. The summed E-state index contributed by atoms with van der Waals surface area (Å²) >= 11 is 11.8. The molecule has 0 aliphatic rings. The maximum atomic E-state index is 12.6. The average Bonchev–Trinajstić information content (AvgIpc) is 2.79. The van der Waals surface area contributed by atoms with Gasteiger partial charge in [-0.25, -0.2) is 13.1 Å². The molecule has 3 N–H and O–H groups in total. The van der Waals surface area contributed by atoms with Crippen LogP contribution in [0, 0.1) is 0 Å². The number of carbonyl (C=O) groups is 2.